The Morgan fingerprint density at radius 2 is 1.51 bits per heavy atom. The number of ether oxygens (including phenoxy) is 3. The predicted octanol–water partition coefficient (Wildman–Crippen LogP) is 5.04. The summed E-state index contributed by atoms with van der Waals surface area (Å²) in [6.45, 7) is 8.79. The lowest BCUT2D eigenvalue weighted by Gasteiger charge is -2.27. The smallest absolute Gasteiger partial charge is 0.261 e. The zero-order valence-corrected chi connectivity index (χ0v) is 22.3. The van der Waals surface area contributed by atoms with Gasteiger partial charge in [-0.05, 0) is 36.1 Å². The van der Waals surface area contributed by atoms with Crippen LogP contribution in [-0.4, -0.2) is 42.1 Å². The number of unbranched alkanes of at least 4 members (excludes halogenated alkanes) is 1. The number of hydrogen-bond acceptors (Lipinski definition) is 6. The Hall–Kier alpha value is -3.81. The van der Waals surface area contributed by atoms with Gasteiger partial charge in [-0.1, -0.05) is 46.2 Å². The molecule has 1 aromatic heterocycles. The Morgan fingerprint density at radius 1 is 0.865 bits per heavy atom. The average Bonchev–Trinajstić information content (AvgIpc) is 3.11. The third-order valence-electron chi connectivity index (χ3n) is 6.40. The molecule has 3 aromatic rings. The van der Waals surface area contributed by atoms with E-state index in [1.54, 1.807) is 41.0 Å². The van der Waals surface area contributed by atoms with Crippen molar-refractivity contribution in [3.8, 4) is 17.2 Å². The number of hydrogen-bond donors (Lipinski definition) is 0. The molecule has 4 rings (SSSR count). The largest absolute Gasteiger partial charge is 0.493 e. The van der Waals surface area contributed by atoms with Crippen LogP contribution in [0.15, 0.2) is 41.2 Å². The van der Waals surface area contributed by atoms with E-state index in [1.807, 2.05) is 20.8 Å². The van der Waals surface area contributed by atoms with Gasteiger partial charge in [-0.25, -0.2) is 0 Å². The maximum absolute atomic E-state index is 14.0. The maximum atomic E-state index is 14.0. The van der Waals surface area contributed by atoms with E-state index in [1.165, 1.54) is 19.1 Å². The Balaban J connectivity index is 2.02. The fourth-order valence-electron chi connectivity index (χ4n) is 4.67. The van der Waals surface area contributed by atoms with Crippen LogP contribution < -0.4 is 19.8 Å². The number of rotatable bonds is 9. The van der Waals surface area contributed by atoms with E-state index < -0.39 is 11.8 Å². The van der Waals surface area contributed by atoms with Gasteiger partial charge in [-0.3, -0.25) is 19.3 Å². The first-order valence-corrected chi connectivity index (χ1v) is 12.5. The standard InChI is InChI=1S/C29H34N2O6/c1-7-8-15-37-24-21(16-30-26(32)18-11-9-10-12-19(18)27(30)33)31(17-29(2,3)4)28(34)20-13-14-22(35-5)25(36-6)23(20)24/h9-14H,7-8,15-17H2,1-6H3. The van der Waals surface area contributed by atoms with E-state index in [9.17, 15) is 14.4 Å². The third kappa shape index (κ3) is 4.80. The highest BCUT2D eigenvalue weighted by molar-refractivity contribution is 6.21. The summed E-state index contributed by atoms with van der Waals surface area (Å²) in [5.74, 6) is 0.449. The van der Waals surface area contributed by atoms with Gasteiger partial charge in [-0.2, -0.15) is 0 Å². The highest BCUT2D eigenvalue weighted by Gasteiger charge is 2.37. The Bertz CT molecular complexity index is 1380. The van der Waals surface area contributed by atoms with Crippen LogP contribution in [0.2, 0.25) is 0 Å². The third-order valence-corrected chi connectivity index (χ3v) is 6.40. The molecule has 0 atom stereocenters. The van der Waals surface area contributed by atoms with Crippen molar-refractivity contribution in [3.05, 3.63) is 63.6 Å². The molecule has 0 radical (unpaired) electrons. The van der Waals surface area contributed by atoms with Crippen LogP contribution in [0.4, 0.5) is 0 Å². The second-order valence-corrected chi connectivity index (χ2v) is 10.4. The van der Waals surface area contributed by atoms with Crippen LogP contribution in [-0.2, 0) is 13.1 Å². The van der Waals surface area contributed by atoms with Crippen molar-refractivity contribution < 1.29 is 23.8 Å². The van der Waals surface area contributed by atoms with E-state index in [-0.39, 0.29) is 17.5 Å². The predicted molar refractivity (Wildman–Crippen MR) is 142 cm³/mol. The van der Waals surface area contributed by atoms with Crippen LogP contribution in [0.5, 0.6) is 17.2 Å². The summed E-state index contributed by atoms with van der Waals surface area (Å²) in [6, 6.07) is 10.2. The number of benzene rings is 2. The summed E-state index contributed by atoms with van der Waals surface area (Å²) in [6.07, 6.45) is 1.70. The van der Waals surface area contributed by atoms with E-state index in [0.717, 1.165) is 12.8 Å². The van der Waals surface area contributed by atoms with Crippen LogP contribution >= 0.6 is 0 Å². The molecule has 0 spiro atoms. The molecule has 8 nitrogen and oxygen atoms in total. The molecule has 2 amide bonds. The molecule has 2 heterocycles. The van der Waals surface area contributed by atoms with Gasteiger partial charge in [0.25, 0.3) is 17.4 Å². The molecule has 196 valence electrons. The van der Waals surface area contributed by atoms with Gasteiger partial charge in [0, 0.05) is 6.54 Å². The summed E-state index contributed by atoms with van der Waals surface area (Å²) < 4.78 is 19.2. The lowest BCUT2D eigenvalue weighted by molar-refractivity contribution is 0.0636. The van der Waals surface area contributed by atoms with Crippen molar-refractivity contribution in [2.45, 2.75) is 53.6 Å². The number of methoxy groups -OCH3 is 2. The molecule has 0 saturated carbocycles. The van der Waals surface area contributed by atoms with Crippen LogP contribution in [0, 0.1) is 5.41 Å². The topological polar surface area (TPSA) is 87.1 Å². The molecular formula is C29H34N2O6. The lowest BCUT2D eigenvalue weighted by atomic mass is 9.96. The normalized spacial score (nSPS) is 13.3. The van der Waals surface area contributed by atoms with Gasteiger partial charge in [0.05, 0.1) is 55.0 Å². The van der Waals surface area contributed by atoms with Crippen molar-refractivity contribution in [2.24, 2.45) is 5.41 Å². The molecule has 0 N–H and O–H groups in total. The zero-order chi connectivity index (χ0) is 26.9. The minimum atomic E-state index is -0.396. The number of amides is 2. The molecular weight excluding hydrogens is 472 g/mol. The molecule has 8 heteroatoms. The lowest BCUT2D eigenvalue weighted by Crippen LogP contribution is -2.36. The Labute approximate surface area is 216 Å². The number of fused-ring (bicyclic) bond motifs is 2. The monoisotopic (exact) mass is 506 g/mol. The van der Waals surface area contributed by atoms with Gasteiger partial charge in [-0.15, -0.1) is 0 Å². The summed E-state index contributed by atoms with van der Waals surface area (Å²) in [5, 5.41) is 0.888. The Morgan fingerprint density at radius 3 is 2.05 bits per heavy atom. The first kappa shape index (κ1) is 26.3. The number of nitrogens with zero attached hydrogens (tertiary/aromatic N) is 2. The number of aromatic nitrogens is 1. The van der Waals surface area contributed by atoms with Crippen molar-refractivity contribution in [3.63, 3.8) is 0 Å². The van der Waals surface area contributed by atoms with E-state index in [0.29, 0.717) is 58.0 Å². The van der Waals surface area contributed by atoms with Crippen molar-refractivity contribution in [1.29, 1.82) is 0 Å². The van der Waals surface area contributed by atoms with Crippen molar-refractivity contribution in [2.75, 3.05) is 20.8 Å². The van der Waals surface area contributed by atoms with Crippen LogP contribution in [0.25, 0.3) is 10.8 Å². The van der Waals surface area contributed by atoms with E-state index in [2.05, 4.69) is 6.92 Å². The minimum absolute atomic E-state index is 0.116. The summed E-state index contributed by atoms with van der Waals surface area (Å²) in [4.78, 5) is 41.7. The molecule has 37 heavy (non-hydrogen) atoms. The van der Waals surface area contributed by atoms with Crippen LogP contribution in [0.3, 0.4) is 0 Å². The quantitative estimate of drug-likeness (QED) is 0.299. The van der Waals surface area contributed by atoms with Crippen LogP contribution in [0.1, 0.15) is 66.9 Å². The highest BCUT2D eigenvalue weighted by atomic mass is 16.5. The molecule has 0 unspecified atom stereocenters. The van der Waals surface area contributed by atoms with Gasteiger partial charge in [0.1, 0.15) is 0 Å². The van der Waals surface area contributed by atoms with Gasteiger partial charge < -0.3 is 18.8 Å². The maximum Gasteiger partial charge on any atom is 0.261 e. The van der Waals surface area contributed by atoms with Gasteiger partial charge in [0.15, 0.2) is 17.2 Å². The molecule has 1 aliphatic rings. The summed E-state index contributed by atoms with van der Waals surface area (Å²) in [5.41, 5.74) is 0.632. The molecule has 0 bridgehead atoms. The molecule has 0 fully saturated rings. The average molecular weight is 507 g/mol. The van der Waals surface area contributed by atoms with E-state index >= 15 is 0 Å². The second-order valence-electron chi connectivity index (χ2n) is 10.4. The summed E-state index contributed by atoms with van der Waals surface area (Å²) in [7, 11) is 3.04. The van der Waals surface area contributed by atoms with Crippen molar-refractivity contribution in [1.82, 2.24) is 9.47 Å². The molecule has 2 aromatic carbocycles. The second kappa shape index (κ2) is 10.3. The number of carbonyl (C=O) groups is 2. The minimum Gasteiger partial charge on any atom is -0.493 e. The highest BCUT2D eigenvalue weighted by Crippen LogP contribution is 2.42. The molecule has 0 aliphatic carbocycles. The fourth-order valence-corrected chi connectivity index (χ4v) is 4.67. The van der Waals surface area contributed by atoms with E-state index in [4.69, 9.17) is 14.2 Å². The number of pyridine rings is 1. The number of imide groups is 1. The Kier molecular flexibility index (Phi) is 7.30. The summed E-state index contributed by atoms with van der Waals surface area (Å²) >= 11 is 0. The SMILES string of the molecule is CCCCOc1c(CN2C(=O)c3ccccc3C2=O)n(CC(C)(C)C)c(=O)c2ccc(OC)c(OC)c12. The van der Waals surface area contributed by atoms with Gasteiger partial charge >= 0.3 is 0 Å². The number of carbonyl (C=O) groups excluding carboxylic acids is 2. The fraction of sp³-hybridized carbons (Fsp3) is 0.414. The first-order valence-electron chi connectivity index (χ1n) is 12.5. The first-order chi connectivity index (χ1) is 17.6. The zero-order valence-electron chi connectivity index (χ0n) is 22.3. The molecule has 1 aliphatic heterocycles. The molecule has 0 saturated heterocycles. The van der Waals surface area contributed by atoms with Crippen molar-refractivity contribution >= 4 is 22.6 Å². The van der Waals surface area contributed by atoms with Gasteiger partial charge in [0.2, 0.25) is 0 Å².